The summed E-state index contributed by atoms with van der Waals surface area (Å²) in [4.78, 5) is 11.7. The SMILES string of the molecule is COc1cc(CCCNC(=O)OCc2ccccc2)cc(OC)c1O. The van der Waals surface area contributed by atoms with Crippen molar-refractivity contribution in [3.8, 4) is 17.2 Å². The van der Waals surface area contributed by atoms with Crippen molar-refractivity contribution < 1.29 is 24.1 Å². The highest BCUT2D eigenvalue weighted by atomic mass is 16.5. The van der Waals surface area contributed by atoms with E-state index in [0.717, 1.165) is 17.5 Å². The van der Waals surface area contributed by atoms with Crippen molar-refractivity contribution in [2.24, 2.45) is 0 Å². The Kier molecular flexibility index (Phi) is 6.95. The van der Waals surface area contributed by atoms with Crippen molar-refractivity contribution >= 4 is 6.09 Å². The van der Waals surface area contributed by atoms with Crippen molar-refractivity contribution in [2.75, 3.05) is 20.8 Å². The van der Waals surface area contributed by atoms with Gasteiger partial charge in [-0.05, 0) is 36.1 Å². The first-order chi connectivity index (χ1) is 12.1. The Labute approximate surface area is 147 Å². The third kappa shape index (κ3) is 5.60. The molecule has 134 valence electrons. The van der Waals surface area contributed by atoms with E-state index in [4.69, 9.17) is 14.2 Å². The summed E-state index contributed by atoms with van der Waals surface area (Å²) >= 11 is 0. The number of amides is 1. The second-order valence-electron chi connectivity index (χ2n) is 5.44. The van der Waals surface area contributed by atoms with Gasteiger partial charge in [-0.2, -0.15) is 0 Å². The van der Waals surface area contributed by atoms with Gasteiger partial charge in [0.1, 0.15) is 6.61 Å². The second kappa shape index (κ2) is 9.42. The summed E-state index contributed by atoms with van der Waals surface area (Å²) in [6, 6.07) is 13.0. The molecule has 0 heterocycles. The van der Waals surface area contributed by atoms with Gasteiger partial charge in [0.15, 0.2) is 11.5 Å². The Morgan fingerprint density at radius 2 is 1.68 bits per heavy atom. The average Bonchev–Trinajstić information content (AvgIpc) is 2.65. The number of phenols is 1. The minimum Gasteiger partial charge on any atom is -0.502 e. The molecule has 0 aliphatic heterocycles. The predicted molar refractivity (Wildman–Crippen MR) is 94.2 cm³/mol. The maximum Gasteiger partial charge on any atom is 0.407 e. The van der Waals surface area contributed by atoms with Gasteiger partial charge < -0.3 is 24.6 Å². The fourth-order valence-corrected chi connectivity index (χ4v) is 2.35. The molecule has 2 aromatic carbocycles. The normalized spacial score (nSPS) is 10.2. The number of aromatic hydroxyl groups is 1. The molecule has 0 bridgehead atoms. The Balaban J connectivity index is 1.74. The van der Waals surface area contributed by atoms with Gasteiger partial charge in [-0.1, -0.05) is 30.3 Å². The topological polar surface area (TPSA) is 77.0 Å². The van der Waals surface area contributed by atoms with Crippen LogP contribution < -0.4 is 14.8 Å². The lowest BCUT2D eigenvalue weighted by molar-refractivity contribution is 0.139. The van der Waals surface area contributed by atoms with Crippen LogP contribution in [0.25, 0.3) is 0 Å². The zero-order chi connectivity index (χ0) is 18.1. The summed E-state index contributed by atoms with van der Waals surface area (Å²) < 4.78 is 15.4. The zero-order valence-electron chi connectivity index (χ0n) is 14.5. The smallest absolute Gasteiger partial charge is 0.407 e. The molecular formula is C19H23NO5. The molecule has 1 amide bonds. The lowest BCUT2D eigenvalue weighted by Gasteiger charge is -2.11. The summed E-state index contributed by atoms with van der Waals surface area (Å²) in [6.07, 6.45) is 0.980. The number of aryl methyl sites for hydroxylation is 1. The Hall–Kier alpha value is -2.89. The van der Waals surface area contributed by atoms with Crippen LogP contribution in [0.5, 0.6) is 17.2 Å². The fourth-order valence-electron chi connectivity index (χ4n) is 2.35. The summed E-state index contributed by atoms with van der Waals surface area (Å²) in [7, 11) is 2.98. The Morgan fingerprint density at radius 1 is 1.04 bits per heavy atom. The van der Waals surface area contributed by atoms with Gasteiger partial charge in [0.2, 0.25) is 5.75 Å². The molecule has 25 heavy (non-hydrogen) atoms. The minimum atomic E-state index is -0.440. The molecule has 0 aromatic heterocycles. The molecule has 0 saturated carbocycles. The third-order valence-electron chi connectivity index (χ3n) is 3.66. The third-order valence-corrected chi connectivity index (χ3v) is 3.66. The van der Waals surface area contributed by atoms with Crippen molar-refractivity contribution in [1.29, 1.82) is 0 Å². The fraction of sp³-hybridized carbons (Fsp3) is 0.316. The molecule has 0 unspecified atom stereocenters. The van der Waals surface area contributed by atoms with E-state index < -0.39 is 6.09 Å². The van der Waals surface area contributed by atoms with E-state index in [9.17, 15) is 9.90 Å². The van der Waals surface area contributed by atoms with Gasteiger partial charge in [0, 0.05) is 6.54 Å². The van der Waals surface area contributed by atoms with Gasteiger partial charge in [0.05, 0.1) is 14.2 Å². The molecule has 0 saturated heterocycles. The van der Waals surface area contributed by atoms with Crippen LogP contribution in [0.3, 0.4) is 0 Å². The largest absolute Gasteiger partial charge is 0.502 e. The molecule has 0 aliphatic rings. The number of alkyl carbamates (subject to hydrolysis) is 1. The molecule has 0 fully saturated rings. The van der Waals surface area contributed by atoms with Gasteiger partial charge in [-0.3, -0.25) is 0 Å². The Morgan fingerprint density at radius 3 is 2.28 bits per heavy atom. The van der Waals surface area contributed by atoms with Crippen LogP contribution >= 0.6 is 0 Å². The molecule has 2 rings (SSSR count). The molecule has 0 aliphatic carbocycles. The van der Waals surface area contributed by atoms with E-state index >= 15 is 0 Å². The first kappa shape index (κ1) is 18.4. The van der Waals surface area contributed by atoms with Gasteiger partial charge in [-0.25, -0.2) is 4.79 Å². The maximum atomic E-state index is 11.7. The number of phenolic OH excluding ortho intramolecular Hbond substituents is 1. The van der Waals surface area contributed by atoms with E-state index in [2.05, 4.69) is 5.32 Å². The lowest BCUT2D eigenvalue weighted by atomic mass is 10.1. The van der Waals surface area contributed by atoms with Crippen molar-refractivity contribution in [3.05, 3.63) is 53.6 Å². The molecule has 2 aromatic rings. The summed E-state index contributed by atoms with van der Waals surface area (Å²) in [6.45, 7) is 0.734. The number of ether oxygens (including phenoxy) is 3. The van der Waals surface area contributed by atoms with Crippen LogP contribution in [0, 0.1) is 0 Å². The molecule has 6 heteroatoms. The van der Waals surface area contributed by atoms with Crippen LogP contribution in [0.15, 0.2) is 42.5 Å². The monoisotopic (exact) mass is 345 g/mol. The summed E-state index contributed by atoms with van der Waals surface area (Å²) in [5.41, 5.74) is 1.90. The lowest BCUT2D eigenvalue weighted by Crippen LogP contribution is -2.25. The minimum absolute atomic E-state index is 0.0173. The number of hydrogen-bond donors (Lipinski definition) is 2. The zero-order valence-corrected chi connectivity index (χ0v) is 14.5. The first-order valence-corrected chi connectivity index (χ1v) is 8.02. The van der Waals surface area contributed by atoms with E-state index in [1.165, 1.54) is 14.2 Å². The maximum absolute atomic E-state index is 11.7. The van der Waals surface area contributed by atoms with Gasteiger partial charge in [-0.15, -0.1) is 0 Å². The van der Waals surface area contributed by atoms with Crippen molar-refractivity contribution in [3.63, 3.8) is 0 Å². The van der Waals surface area contributed by atoms with Crippen LogP contribution in [0.2, 0.25) is 0 Å². The number of carbonyl (C=O) groups excluding carboxylic acids is 1. The first-order valence-electron chi connectivity index (χ1n) is 8.02. The number of methoxy groups -OCH3 is 2. The molecule has 6 nitrogen and oxygen atoms in total. The molecular weight excluding hydrogens is 322 g/mol. The highest BCUT2D eigenvalue weighted by Crippen LogP contribution is 2.37. The number of rotatable bonds is 8. The van der Waals surface area contributed by atoms with Crippen molar-refractivity contribution in [2.45, 2.75) is 19.4 Å². The van der Waals surface area contributed by atoms with E-state index in [-0.39, 0.29) is 12.4 Å². The van der Waals surface area contributed by atoms with Gasteiger partial charge >= 0.3 is 6.09 Å². The second-order valence-corrected chi connectivity index (χ2v) is 5.44. The number of benzene rings is 2. The molecule has 0 atom stereocenters. The summed E-state index contributed by atoms with van der Waals surface area (Å²) in [5.74, 6) is 0.713. The Bertz CT molecular complexity index is 662. The van der Waals surface area contributed by atoms with E-state index in [1.54, 1.807) is 12.1 Å². The highest BCUT2D eigenvalue weighted by Gasteiger charge is 2.11. The van der Waals surface area contributed by atoms with Crippen LogP contribution in [-0.4, -0.2) is 32.0 Å². The molecule has 0 radical (unpaired) electrons. The van der Waals surface area contributed by atoms with Crippen LogP contribution in [0.4, 0.5) is 4.79 Å². The number of nitrogens with one attached hydrogen (secondary N) is 1. The number of carbonyl (C=O) groups is 1. The predicted octanol–water partition coefficient (Wildman–Crippen LogP) is 3.27. The summed E-state index contributed by atoms with van der Waals surface area (Å²) in [5, 5.41) is 12.6. The van der Waals surface area contributed by atoms with E-state index in [1.807, 2.05) is 30.3 Å². The van der Waals surface area contributed by atoms with E-state index in [0.29, 0.717) is 24.5 Å². The van der Waals surface area contributed by atoms with Crippen LogP contribution in [-0.2, 0) is 17.8 Å². The van der Waals surface area contributed by atoms with Crippen LogP contribution in [0.1, 0.15) is 17.5 Å². The van der Waals surface area contributed by atoms with Gasteiger partial charge in [0.25, 0.3) is 0 Å². The average molecular weight is 345 g/mol. The molecule has 2 N–H and O–H groups in total. The number of hydrogen-bond acceptors (Lipinski definition) is 5. The standard InChI is InChI=1S/C19H23NO5/c1-23-16-11-15(12-17(24-2)18(16)21)9-6-10-20-19(22)25-13-14-7-4-3-5-8-14/h3-5,7-8,11-12,21H,6,9-10,13H2,1-2H3,(H,20,22). The highest BCUT2D eigenvalue weighted by molar-refractivity contribution is 5.67. The molecule has 0 spiro atoms. The quantitative estimate of drug-likeness (QED) is 0.718. The van der Waals surface area contributed by atoms with Crippen molar-refractivity contribution in [1.82, 2.24) is 5.32 Å².